The van der Waals surface area contributed by atoms with Crippen LogP contribution in [0.25, 0.3) is 0 Å². The molecule has 0 radical (unpaired) electrons. The highest BCUT2D eigenvalue weighted by molar-refractivity contribution is 5.93. The molecule has 0 aliphatic carbocycles. The van der Waals surface area contributed by atoms with Crippen molar-refractivity contribution in [2.45, 2.75) is 20.0 Å². The zero-order valence-electron chi connectivity index (χ0n) is 10.4. The second kappa shape index (κ2) is 5.48. The molecule has 0 aliphatic rings. The fourth-order valence-corrected chi connectivity index (χ4v) is 1.30. The number of amides is 1. The average Bonchev–Trinajstić information content (AvgIpc) is 2.33. The van der Waals surface area contributed by atoms with Crippen LogP contribution in [0, 0.1) is 12.7 Å². The fraction of sp³-hybridized carbons (Fsp3) is 0.333. The zero-order valence-corrected chi connectivity index (χ0v) is 10.4. The molecule has 0 fully saturated rings. The maximum absolute atomic E-state index is 13.4. The number of hydrogen-bond donors (Lipinski definition) is 2. The standard InChI is InChI=1S/C12H15FN2O3/c1-6-9(13)4-8(5-10(6)14)12(17)18-7(2)11(16)15-3/h4-5,7H,14H2,1-3H3,(H,15,16). The van der Waals surface area contributed by atoms with Crippen molar-refractivity contribution in [3.63, 3.8) is 0 Å². The predicted molar refractivity (Wildman–Crippen MR) is 64.5 cm³/mol. The molecule has 1 aromatic carbocycles. The smallest absolute Gasteiger partial charge is 0.339 e. The number of nitrogens with one attached hydrogen (secondary N) is 1. The van der Waals surface area contributed by atoms with E-state index in [1.165, 1.54) is 27.0 Å². The number of nitrogen functional groups attached to an aromatic ring is 1. The summed E-state index contributed by atoms with van der Waals surface area (Å²) >= 11 is 0. The van der Waals surface area contributed by atoms with E-state index >= 15 is 0 Å². The van der Waals surface area contributed by atoms with Crippen LogP contribution >= 0.6 is 0 Å². The third-order valence-electron chi connectivity index (χ3n) is 2.52. The molecule has 0 heterocycles. The Bertz CT molecular complexity index is 465. The van der Waals surface area contributed by atoms with Crippen molar-refractivity contribution in [2.75, 3.05) is 12.8 Å². The Morgan fingerprint density at radius 3 is 2.56 bits per heavy atom. The number of ether oxygens (including phenoxy) is 1. The van der Waals surface area contributed by atoms with Crippen molar-refractivity contribution in [2.24, 2.45) is 0 Å². The van der Waals surface area contributed by atoms with Gasteiger partial charge in [0.15, 0.2) is 6.10 Å². The summed E-state index contributed by atoms with van der Waals surface area (Å²) in [5.41, 5.74) is 5.96. The number of carbonyl (C=O) groups excluding carboxylic acids is 2. The lowest BCUT2D eigenvalue weighted by atomic mass is 10.1. The van der Waals surface area contributed by atoms with Gasteiger partial charge in [-0.15, -0.1) is 0 Å². The summed E-state index contributed by atoms with van der Waals surface area (Å²) in [4.78, 5) is 22.8. The number of halogens is 1. The topological polar surface area (TPSA) is 81.4 Å². The van der Waals surface area contributed by atoms with Crippen LogP contribution in [-0.4, -0.2) is 25.0 Å². The summed E-state index contributed by atoms with van der Waals surface area (Å²) in [6.07, 6.45) is -0.951. The van der Waals surface area contributed by atoms with Crippen LogP contribution in [-0.2, 0) is 9.53 Å². The first-order chi connectivity index (χ1) is 8.36. The third kappa shape index (κ3) is 2.97. The maximum Gasteiger partial charge on any atom is 0.339 e. The molecule has 6 heteroatoms. The van der Waals surface area contributed by atoms with Gasteiger partial charge in [-0.2, -0.15) is 0 Å². The van der Waals surface area contributed by atoms with Crippen LogP contribution in [0.1, 0.15) is 22.8 Å². The number of carbonyl (C=O) groups is 2. The van der Waals surface area contributed by atoms with E-state index in [9.17, 15) is 14.0 Å². The molecule has 98 valence electrons. The van der Waals surface area contributed by atoms with E-state index in [4.69, 9.17) is 10.5 Å². The minimum atomic E-state index is -0.951. The monoisotopic (exact) mass is 254 g/mol. The zero-order chi connectivity index (χ0) is 13.9. The molecule has 0 spiro atoms. The molecule has 1 atom stereocenters. The third-order valence-corrected chi connectivity index (χ3v) is 2.52. The predicted octanol–water partition coefficient (Wildman–Crippen LogP) is 1.01. The molecular weight excluding hydrogens is 239 g/mol. The van der Waals surface area contributed by atoms with Gasteiger partial charge in [-0.3, -0.25) is 4.79 Å². The normalized spacial score (nSPS) is 11.8. The number of rotatable bonds is 3. The van der Waals surface area contributed by atoms with E-state index in [0.717, 1.165) is 6.07 Å². The van der Waals surface area contributed by atoms with Gasteiger partial charge in [-0.1, -0.05) is 0 Å². The molecule has 0 aromatic heterocycles. The summed E-state index contributed by atoms with van der Waals surface area (Å²) < 4.78 is 18.3. The summed E-state index contributed by atoms with van der Waals surface area (Å²) in [7, 11) is 1.43. The molecule has 1 aromatic rings. The number of anilines is 1. The lowest BCUT2D eigenvalue weighted by molar-refractivity contribution is -0.128. The van der Waals surface area contributed by atoms with Crippen LogP contribution in [0.4, 0.5) is 10.1 Å². The van der Waals surface area contributed by atoms with Crippen molar-refractivity contribution in [1.82, 2.24) is 5.32 Å². The summed E-state index contributed by atoms with van der Waals surface area (Å²) in [5.74, 6) is -1.82. The Kier molecular flexibility index (Phi) is 4.25. The van der Waals surface area contributed by atoms with E-state index in [1.807, 2.05) is 0 Å². The van der Waals surface area contributed by atoms with Gasteiger partial charge in [0.1, 0.15) is 5.82 Å². The highest BCUT2D eigenvalue weighted by atomic mass is 19.1. The number of benzene rings is 1. The molecule has 3 N–H and O–H groups in total. The molecule has 1 amide bonds. The van der Waals surface area contributed by atoms with Gasteiger partial charge in [0.25, 0.3) is 5.91 Å². The van der Waals surface area contributed by atoms with Crippen LogP contribution in [0.2, 0.25) is 0 Å². The Balaban J connectivity index is 2.89. The highest BCUT2D eigenvalue weighted by Gasteiger charge is 2.19. The first-order valence-corrected chi connectivity index (χ1v) is 5.35. The van der Waals surface area contributed by atoms with Crippen LogP contribution in [0.15, 0.2) is 12.1 Å². The summed E-state index contributed by atoms with van der Waals surface area (Å²) in [6.45, 7) is 2.93. The van der Waals surface area contributed by atoms with Crippen LogP contribution in [0.5, 0.6) is 0 Å². The van der Waals surface area contributed by atoms with E-state index in [2.05, 4.69) is 5.32 Å². The minimum absolute atomic E-state index is 0.0219. The van der Waals surface area contributed by atoms with Crippen LogP contribution < -0.4 is 11.1 Å². The summed E-state index contributed by atoms with van der Waals surface area (Å²) in [6, 6.07) is 2.35. The second-order valence-corrected chi connectivity index (χ2v) is 3.83. The summed E-state index contributed by atoms with van der Waals surface area (Å²) in [5, 5.41) is 2.34. The van der Waals surface area contributed by atoms with E-state index < -0.39 is 23.8 Å². The first kappa shape index (κ1) is 14.0. The average molecular weight is 254 g/mol. The maximum atomic E-state index is 13.4. The molecule has 5 nitrogen and oxygen atoms in total. The number of esters is 1. The lowest BCUT2D eigenvalue weighted by Crippen LogP contribution is -2.33. The second-order valence-electron chi connectivity index (χ2n) is 3.83. The first-order valence-electron chi connectivity index (χ1n) is 5.35. The molecular formula is C12H15FN2O3. The van der Waals surface area contributed by atoms with Gasteiger partial charge in [0, 0.05) is 18.3 Å². The number of hydrogen-bond acceptors (Lipinski definition) is 4. The van der Waals surface area contributed by atoms with Crippen molar-refractivity contribution in [3.05, 3.63) is 29.1 Å². The molecule has 0 saturated heterocycles. The van der Waals surface area contributed by atoms with Crippen molar-refractivity contribution in [1.29, 1.82) is 0 Å². The number of likely N-dealkylation sites (N-methyl/N-ethyl adjacent to an activating group) is 1. The molecule has 18 heavy (non-hydrogen) atoms. The van der Waals surface area contributed by atoms with Gasteiger partial charge in [0.05, 0.1) is 5.56 Å². The van der Waals surface area contributed by atoms with E-state index in [0.29, 0.717) is 0 Å². The fourth-order valence-electron chi connectivity index (χ4n) is 1.30. The molecule has 0 bridgehead atoms. The SMILES string of the molecule is CNC(=O)C(C)OC(=O)c1cc(N)c(C)c(F)c1. The largest absolute Gasteiger partial charge is 0.449 e. The van der Waals surface area contributed by atoms with Gasteiger partial charge >= 0.3 is 5.97 Å². The molecule has 1 rings (SSSR count). The Labute approximate surface area is 104 Å². The van der Waals surface area contributed by atoms with E-state index in [1.54, 1.807) is 0 Å². The van der Waals surface area contributed by atoms with Gasteiger partial charge < -0.3 is 15.8 Å². The van der Waals surface area contributed by atoms with E-state index in [-0.39, 0.29) is 16.8 Å². The van der Waals surface area contributed by atoms with Crippen molar-refractivity contribution < 1.29 is 18.7 Å². The Hall–Kier alpha value is -2.11. The Morgan fingerprint density at radius 2 is 2.06 bits per heavy atom. The van der Waals surface area contributed by atoms with Crippen LogP contribution in [0.3, 0.4) is 0 Å². The molecule has 1 unspecified atom stereocenters. The van der Waals surface area contributed by atoms with Crippen molar-refractivity contribution >= 4 is 17.6 Å². The molecule has 0 saturated carbocycles. The van der Waals surface area contributed by atoms with Crippen molar-refractivity contribution in [3.8, 4) is 0 Å². The van der Waals surface area contributed by atoms with Gasteiger partial charge in [-0.05, 0) is 26.0 Å². The molecule has 0 aliphatic heterocycles. The highest BCUT2D eigenvalue weighted by Crippen LogP contribution is 2.18. The quantitative estimate of drug-likeness (QED) is 0.623. The van der Waals surface area contributed by atoms with Gasteiger partial charge in [-0.25, -0.2) is 9.18 Å². The lowest BCUT2D eigenvalue weighted by Gasteiger charge is -2.12. The van der Waals surface area contributed by atoms with Gasteiger partial charge in [0.2, 0.25) is 0 Å². The Morgan fingerprint density at radius 1 is 1.44 bits per heavy atom. The number of nitrogens with two attached hydrogens (primary N) is 1. The minimum Gasteiger partial charge on any atom is -0.449 e.